The van der Waals surface area contributed by atoms with Gasteiger partial charge in [-0.1, -0.05) is 19.1 Å². The third kappa shape index (κ3) is 7.25. The smallest absolute Gasteiger partial charge is 0.410 e. The van der Waals surface area contributed by atoms with Crippen LogP contribution in [0.3, 0.4) is 0 Å². The summed E-state index contributed by atoms with van der Waals surface area (Å²) in [5, 5.41) is 13.5. The molecule has 2 aliphatic rings. The lowest BCUT2D eigenvalue weighted by Crippen LogP contribution is -2.56. The lowest BCUT2D eigenvalue weighted by atomic mass is 9.90. The summed E-state index contributed by atoms with van der Waals surface area (Å²) in [6.07, 6.45) is -0.516. The van der Waals surface area contributed by atoms with Crippen molar-refractivity contribution in [2.45, 2.75) is 70.7 Å². The fourth-order valence-electron chi connectivity index (χ4n) is 4.81. The summed E-state index contributed by atoms with van der Waals surface area (Å²) in [6, 6.07) is 4.49. The third-order valence-corrected chi connectivity index (χ3v) is 8.14. The minimum absolute atomic E-state index is 0.121. The molecule has 10 nitrogen and oxygen atoms in total. The Balaban J connectivity index is 1.77. The topological polar surface area (TPSA) is 131 Å². The van der Waals surface area contributed by atoms with Gasteiger partial charge in [0.25, 0.3) is 0 Å². The fourth-order valence-corrected chi connectivity index (χ4v) is 6.74. The molecule has 2 heterocycles. The van der Waals surface area contributed by atoms with Crippen LogP contribution in [0.15, 0.2) is 18.2 Å². The number of aliphatic hydroxyl groups excluding tert-OH is 1. The molecule has 0 spiro atoms. The first-order valence-corrected chi connectivity index (χ1v) is 14.1. The van der Waals surface area contributed by atoms with Crippen LogP contribution in [0.2, 0.25) is 0 Å². The number of benzene rings is 1. The van der Waals surface area contributed by atoms with Gasteiger partial charge in [0.1, 0.15) is 18.0 Å². The number of carbonyl (C=O) groups is 2. The highest BCUT2D eigenvalue weighted by Crippen LogP contribution is 2.29. The van der Waals surface area contributed by atoms with Crippen molar-refractivity contribution in [3.05, 3.63) is 29.3 Å². The van der Waals surface area contributed by atoms with Gasteiger partial charge in [-0.25, -0.2) is 18.0 Å². The Morgan fingerprint density at radius 1 is 1.25 bits per heavy atom. The SMILES string of the molecule is CCCN1C(=O)OC[C@@H]1Cc1cc(C[C@H]2CS(=O)(=O)C[C@@H](NC(=O)OC(C)(C)C)[C@@H]2O)ccc1OC. The Bertz CT molecular complexity index is 1050. The van der Waals surface area contributed by atoms with Gasteiger partial charge in [-0.05, 0) is 57.2 Å². The van der Waals surface area contributed by atoms with E-state index in [0.717, 1.165) is 17.5 Å². The van der Waals surface area contributed by atoms with Gasteiger partial charge in [0, 0.05) is 12.5 Å². The number of rotatable bonds is 8. The third-order valence-electron chi connectivity index (χ3n) is 6.34. The maximum atomic E-state index is 12.6. The van der Waals surface area contributed by atoms with E-state index in [4.69, 9.17) is 14.2 Å². The number of aliphatic hydroxyl groups is 1. The molecule has 2 amide bonds. The van der Waals surface area contributed by atoms with Crippen LogP contribution >= 0.6 is 0 Å². The molecule has 36 heavy (non-hydrogen) atoms. The Labute approximate surface area is 213 Å². The largest absolute Gasteiger partial charge is 0.496 e. The highest BCUT2D eigenvalue weighted by atomic mass is 32.2. The summed E-state index contributed by atoms with van der Waals surface area (Å²) in [5.41, 5.74) is 0.953. The van der Waals surface area contributed by atoms with Crippen molar-refractivity contribution in [3.8, 4) is 5.75 Å². The minimum atomic E-state index is -3.50. The van der Waals surface area contributed by atoms with Crippen LogP contribution in [0.5, 0.6) is 5.75 Å². The van der Waals surface area contributed by atoms with Crippen LogP contribution < -0.4 is 10.1 Å². The predicted molar refractivity (Wildman–Crippen MR) is 134 cm³/mol. The van der Waals surface area contributed by atoms with Gasteiger partial charge < -0.3 is 29.5 Å². The first kappa shape index (κ1) is 28.0. The molecule has 0 bridgehead atoms. The summed E-state index contributed by atoms with van der Waals surface area (Å²) < 4.78 is 41.3. The molecular weight excluding hydrogens is 488 g/mol. The maximum Gasteiger partial charge on any atom is 0.410 e. The molecule has 0 saturated carbocycles. The number of sulfone groups is 1. The van der Waals surface area contributed by atoms with E-state index in [2.05, 4.69) is 5.32 Å². The van der Waals surface area contributed by atoms with Gasteiger partial charge in [-0.3, -0.25) is 0 Å². The summed E-state index contributed by atoms with van der Waals surface area (Å²) >= 11 is 0. The van der Waals surface area contributed by atoms with Crippen molar-refractivity contribution in [3.63, 3.8) is 0 Å². The molecular formula is C25H38N2O8S. The van der Waals surface area contributed by atoms with Crippen LogP contribution in [-0.4, -0.2) is 86.2 Å². The highest BCUT2D eigenvalue weighted by molar-refractivity contribution is 7.91. The van der Waals surface area contributed by atoms with E-state index in [1.54, 1.807) is 32.8 Å². The highest BCUT2D eigenvalue weighted by Gasteiger charge is 2.41. The Morgan fingerprint density at radius 3 is 2.61 bits per heavy atom. The second-order valence-corrected chi connectivity index (χ2v) is 12.7. The van der Waals surface area contributed by atoms with Gasteiger partial charge >= 0.3 is 12.2 Å². The summed E-state index contributed by atoms with van der Waals surface area (Å²) in [5.74, 6) is -0.480. The van der Waals surface area contributed by atoms with E-state index in [1.807, 2.05) is 25.1 Å². The van der Waals surface area contributed by atoms with Crippen molar-refractivity contribution in [1.29, 1.82) is 0 Å². The zero-order chi connectivity index (χ0) is 26.7. The molecule has 202 valence electrons. The lowest BCUT2D eigenvalue weighted by molar-refractivity contribution is 0.0358. The number of hydrogen-bond donors (Lipinski definition) is 2. The molecule has 2 N–H and O–H groups in total. The molecule has 1 aromatic carbocycles. The molecule has 11 heteroatoms. The first-order valence-electron chi connectivity index (χ1n) is 12.3. The average Bonchev–Trinajstić information content (AvgIpc) is 3.09. The molecule has 2 aliphatic heterocycles. The number of ether oxygens (including phenoxy) is 3. The van der Waals surface area contributed by atoms with Crippen molar-refractivity contribution in [2.24, 2.45) is 5.92 Å². The molecule has 0 radical (unpaired) electrons. The molecule has 4 atom stereocenters. The second kappa shape index (κ2) is 11.2. The molecule has 3 rings (SSSR count). The maximum absolute atomic E-state index is 12.6. The normalized spacial score (nSPS) is 25.8. The van der Waals surface area contributed by atoms with Crippen LogP contribution in [0.25, 0.3) is 0 Å². The fraction of sp³-hybridized carbons (Fsp3) is 0.680. The van der Waals surface area contributed by atoms with Gasteiger partial charge in [-0.15, -0.1) is 0 Å². The number of carbonyl (C=O) groups excluding carboxylic acids is 2. The van der Waals surface area contributed by atoms with Crippen molar-refractivity contribution >= 4 is 22.0 Å². The van der Waals surface area contributed by atoms with Crippen molar-refractivity contribution < 1.29 is 37.3 Å². The van der Waals surface area contributed by atoms with E-state index in [0.29, 0.717) is 31.7 Å². The van der Waals surface area contributed by atoms with Crippen LogP contribution in [0, 0.1) is 5.92 Å². The van der Waals surface area contributed by atoms with E-state index >= 15 is 0 Å². The molecule has 2 saturated heterocycles. The zero-order valence-corrected chi connectivity index (χ0v) is 22.5. The molecule has 0 aliphatic carbocycles. The first-order chi connectivity index (χ1) is 16.8. The number of nitrogens with one attached hydrogen (secondary N) is 1. The zero-order valence-electron chi connectivity index (χ0n) is 21.7. The van der Waals surface area contributed by atoms with Gasteiger partial charge in [-0.2, -0.15) is 0 Å². The Kier molecular flexibility index (Phi) is 8.76. The quantitative estimate of drug-likeness (QED) is 0.528. The predicted octanol–water partition coefficient (Wildman–Crippen LogP) is 2.31. The Morgan fingerprint density at radius 2 is 1.97 bits per heavy atom. The standard InChI is InChI=1S/C25H38N2O8S/c1-6-9-27-19(13-34-24(27)30)12-17-10-16(7-8-21(17)33-5)11-18-14-36(31,32)15-20(22(18)28)26-23(29)35-25(2,3)4/h7-8,10,18-20,22,28H,6,9,11-15H2,1-5H3,(H,26,29)/t18-,19-,20+,22+/m0/s1. The molecule has 0 aromatic heterocycles. The monoisotopic (exact) mass is 526 g/mol. The van der Waals surface area contributed by atoms with Crippen molar-refractivity contribution in [1.82, 2.24) is 10.2 Å². The van der Waals surface area contributed by atoms with Crippen LogP contribution in [-0.2, 0) is 32.2 Å². The average molecular weight is 527 g/mol. The molecule has 1 aromatic rings. The molecule has 0 unspecified atom stereocenters. The minimum Gasteiger partial charge on any atom is -0.496 e. The number of amides is 2. The summed E-state index contributed by atoms with van der Waals surface area (Å²) in [4.78, 5) is 26.0. The number of methoxy groups -OCH3 is 1. The number of cyclic esters (lactones) is 1. The van der Waals surface area contributed by atoms with E-state index in [9.17, 15) is 23.1 Å². The number of nitrogens with zero attached hydrogens (tertiary/aromatic N) is 1. The van der Waals surface area contributed by atoms with E-state index < -0.39 is 39.6 Å². The summed E-state index contributed by atoms with van der Waals surface area (Å²) in [7, 11) is -1.93. The van der Waals surface area contributed by atoms with E-state index in [-0.39, 0.29) is 23.6 Å². The van der Waals surface area contributed by atoms with Crippen LogP contribution in [0.4, 0.5) is 9.59 Å². The van der Waals surface area contributed by atoms with Gasteiger partial charge in [0.15, 0.2) is 9.84 Å². The van der Waals surface area contributed by atoms with Gasteiger partial charge in [0.05, 0.1) is 36.8 Å². The summed E-state index contributed by atoms with van der Waals surface area (Å²) in [6.45, 7) is 8.02. The number of alkyl carbamates (subject to hydrolysis) is 1. The second-order valence-electron chi connectivity index (χ2n) is 10.6. The molecule has 2 fully saturated rings. The van der Waals surface area contributed by atoms with Gasteiger partial charge in [0.2, 0.25) is 0 Å². The Hall–Kier alpha value is -2.53. The van der Waals surface area contributed by atoms with E-state index in [1.165, 1.54) is 0 Å². The lowest BCUT2D eigenvalue weighted by Gasteiger charge is -2.35. The van der Waals surface area contributed by atoms with Crippen molar-refractivity contribution in [2.75, 3.05) is 31.8 Å². The number of hydrogen-bond acceptors (Lipinski definition) is 8. The van der Waals surface area contributed by atoms with Crippen LogP contribution in [0.1, 0.15) is 45.2 Å².